The second kappa shape index (κ2) is 18.9. The van der Waals surface area contributed by atoms with Crippen LogP contribution in [0.5, 0.6) is 5.75 Å². The first-order valence-electron chi connectivity index (χ1n) is 15.7. The molecule has 3 aromatic carbocycles. The van der Waals surface area contributed by atoms with Crippen molar-refractivity contribution in [2.24, 2.45) is 0 Å². The maximum Gasteiger partial charge on any atom is 0.408 e. The summed E-state index contributed by atoms with van der Waals surface area (Å²) in [6, 6.07) is 22.9. The van der Waals surface area contributed by atoms with Gasteiger partial charge in [-0.1, -0.05) is 88.4 Å². The fraction of sp³-hybridized carbons (Fsp3) is 0.378. The first-order valence-corrected chi connectivity index (χ1v) is 15.7. The van der Waals surface area contributed by atoms with Crippen LogP contribution in [0.3, 0.4) is 0 Å². The number of hydrogen-bond acceptors (Lipinski definition) is 7. The molecule has 0 spiro atoms. The Morgan fingerprint density at radius 3 is 1.91 bits per heavy atom. The zero-order chi connectivity index (χ0) is 34.1. The molecule has 46 heavy (non-hydrogen) atoms. The molecule has 0 aliphatic rings. The van der Waals surface area contributed by atoms with Crippen LogP contribution in [0.4, 0.5) is 4.79 Å². The number of benzene rings is 3. The first kappa shape index (κ1) is 37.4. The summed E-state index contributed by atoms with van der Waals surface area (Å²) in [6.07, 6.45) is 1.11. The Kier molecular flexibility index (Phi) is 15.4. The number of carbonyl (C=O) groups excluding carboxylic acids is 3. The van der Waals surface area contributed by atoms with Gasteiger partial charge in [0, 0.05) is 23.5 Å². The van der Waals surface area contributed by atoms with Gasteiger partial charge in [-0.15, -0.1) is 0 Å². The van der Waals surface area contributed by atoms with Gasteiger partial charge in [0.05, 0.1) is 7.11 Å². The van der Waals surface area contributed by atoms with Gasteiger partial charge in [-0.25, -0.2) is 9.59 Å². The summed E-state index contributed by atoms with van der Waals surface area (Å²) in [6.45, 7) is 13.5. The van der Waals surface area contributed by atoms with Crippen molar-refractivity contribution in [3.8, 4) is 5.75 Å². The second-order valence-corrected chi connectivity index (χ2v) is 10.8. The molecular weight excluding hydrogens is 584 g/mol. The molecule has 4 rings (SSSR count). The monoisotopic (exact) mass is 632 g/mol. The average Bonchev–Trinajstić information content (AvgIpc) is 3.39. The molecule has 0 saturated carbocycles. The summed E-state index contributed by atoms with van der Waals surface area (Å²) >= 11 is 0. The predicted molar refractivity (Wildman–Crippen MR) is 181 cm³/mol. The van der Waals surface area contributed by atoms with E-state index in [4.69, 9.17) is 18.9 Å². The van der Waals surface area contributed by atoms with E-state index in [1.165, 1.54) is 0 Å². The normalized spacial score (nSPS) is 11.1. The number of aromatic nitrogens is 1. The molecule has 9 heteroatoms. The smallest absolute Gasteiger partial charge is 0.408 e. The highest BCUT2D eigenvalue weighted by atomic mass is 16.6. The molecule has 1 aromatic heterocycles. The third-order valence-electron chi connectivity index (χ3n) is 6.33. The SMILES string of the molecule is CC.CC.COc1ccc2c(c1)c(CC(NC(=O)OCc1ccccc1)C(=O)OCc1ccccc1)cn2CC(=O)OC(C)(C)C. The van der Waals surface area contributed by atoms with Crippen molar-refractivity contribution >= 4 is 28.9 Å². The number of alkyl carbamates (subject to hydrolysis) is 1. The van der Waals surface area contributed by atoms with Gasteiger partial charge in [-0.3, -0.25) is 4.79 Å². The third-order valence-corrected chi connectivity index (χ3v) is 6.33. The zero-order valence-corrected chi connectivity index (χ0v) is 28.3. The van der Waals surface area contributed by atoms with Crippen LogP contribution in [0, 0.1) is 0 Å². The fourth-order valence-corrected chi connectivity index (χ4v) is 4.43. The number of carbonyl (C=O) groups is 3. The van der Waals surface area contributed by atoms with E-state index in [9.17, 15) is 14.4 Å². The lowest BCUT2D eigenvalue weighted by molar-refractivity contribution is -0.155. The number of amides is 1. The molecule has 0 fully saturated rings. The number of methoxy groups -OCH3 is 1. The Balaban J connectivity index is 0.00000177. The zero-order valence-electron chi connectivity index (χ0n) is 28.3. The number of fused-ring (bicyclic) bond motifs is 1. The highest BCUT2D eigenvalue weighted by Crippen LogP contribution is 2.28. The largest absolute Gasteiger partial charge is 0.497 e. The van der Waals surface area contributed by atoms with E-state index in [-0.39, 0.29) is 26.2 Å². The summed E-state index contributed by atoms with van der Waals surface area (Å²) in [5, 5.41) is 3.44. The minimum atomic E-state index is -1.07. The summed E-state index contributed by atoms with van der Waals surface area (Å²) in [5.74, 6) is -0.410. The molecule has 0 aliphatic carbocycles. The maximum atomic E-state index is 13.3. The lowest BCUT2D eigenvalue weighted by Crippen LogP contribution is -2.43. The number of nitrogens with one attached hydrogen (secondary N) is 1. The van der Waals surface area contributed by atoms with Crippen molar-refractivity contribution in [1.29, 1.82) is 0 Å². The summed E-state index contributed by atoms with van der Waals surface area (Å²) in [7, 11) is 1.56. The summed E-state index contributed by atoms with van der Waals surface area (Å²) < 4.78 is 23.7. The number of hydrogen-bond donors (Lipinski definition) is 1. The summed E-state index contributed by atoms with van der Waals surface area (Å²) in [5.41, 5.74) is 2.45. The van der Waals surface area contributed by atoms with Gasteiger partial charge in [0.2, 0.25) is 0 Å². The van der Waals surface area contributed by atoms with Crippen LogP contribution in [-0.4, -0.2) is 41.4 Å². The Morgan fingerprint density at radius 1 is 0.804 bits per heavy atom. The van der Waals surface area contributed by atoms with Crippen molar-refractivity contribution < 1.29 is 33.3 Å². The lowest BCUT2D eigenvalue weighted by Gasteiger charge is -2.19. The molecule has 0 bridgehead atoms. The Bertz CT molecular complexity index is 1510. The molecule has 248 valence electrons. The van der Waals surface area contributed by atoms with Crippen molar-refractivity contribution in [2.75, 3.05) is 7.11 Å². The first-order chi connectivity index (χ1) is 22.1. The van der Waals surface area contributed by atoms with Crippen molar-refractivity contribution in [1.82, 2.24) is 9.88 Å². The summed E-state index contributed by atoms with van der Waals surface area (Å²) in [4.78, 5) is 38.8. The van der Waals surface area contributed by atoms with Gasteiger partial charge >= 0.3 is 18.0 Å². The molecule has 0 saturated heterocycles. The van der Waals surface area contributed by atoms with Gasteiger partial charge in [0.15, 0.2) is 0 Å². The minimum Gasteiger partial charge on any atom is -0.497 e. The highest BCUT2D eigenvalue weighted by molar-refractivity contribution is 5.88. The maximum absolute atomic E-state index is 13.3. The van der Waals surface area contributed by atoms with Crippen LogP contribution in [0.25, 0.3) is 10.9 Å². The Labute approximate surface area is 272 Å². The van der Waals surface area contributed by atoms with Crippen LogP contribution >= 0.6 is 0 Å². The third kappa shape index (κ3) is 12.0. The fourth-order valence-electron chi connectivity index (χ4n) is 4.43. The molecular formula is C37H48N2O7. The Hall–Kier alpha value is -4.79. The number of nitrogens with zero attached hydrogens (tertiary/aromatic N) is 1. The van der Waals surface area contributed by atoms with E-state index >= 15 is 0 Å². The van der Waals surface area contributed by atoms with Gasteiger partial charge in [-0.2, -0.15) is 0 Å². The van der Waals surface area contributed by atoms with Crippen molar-refractivity contribution in [3.63, 3.8) is 0 Å². The van der Waals surface area contributed by atoms with E-state index in [2.05, 4.69) is 5.32 Å². The Morgan fingerprint density at radius 2 is 1.37 bits per heavy atom. The number of ether oxygens (including phenoxy) is 4. The molecule has 0 aliphatic heterocycles. The van der Waals surface area contributed by atoms with Gasteiger partial charge in [0.1, 0.15) is 37.2 Å². The van der Waals surface area contributed by atoms with Crippen LogP contribution in [-0.2, 0) is 50.0 Å². The van der Waals surface area contributed by atoms with E-state index in [1.807, 2.05) is 121 Å². The number of esters is 2. The van der Waals surface area contributed by atoms with Crippen LogP contribution in [0.1, 0.15) is 65.2 Å². The molecule has 1 N–H and O–H groups in total. The van der Waals surface area contributed by atoms with Gasteiger partial charge < -0.3 is 28.8 Å². The van der Waals surface area contributed by atoms with Crippen molar-refractivity contribution in [3.05, 3.63) is 102 Å². The minimum absolute atomic E-state index is 0.0320. The van der Waals surface area contributed by atoms with Crippen LogP contribution in [0.15, 0.2) is 85.1 Å². The quantitative estimate of drug-likeness (QED) is 0.134. The van der Waals surface area contributed by atoms with E-state index in [1.54, 1.807) is 23.9 Å². The molecule has 1 heterocycles. The molecule has 4 aromatic rings. The topological polar surface area (TPSA) is 105 Å². The molecule has 1 atom stereocenters. The average molecular weight is 633 g/mol. The molecule has 1 amide bonds. The van der Waals surface area contributed by atoms with Crippen LogP contribution in [0.2, 0.25) is 0 Å². The predicted octanol–water partition coefficient (Wildman–Crippen LogP) is 7.62. The van der Waals surface area contributed by atoms with E-state index in [0.29, 0.717) is 11.3 Å². The van der Waals surface area contributed by atoms with Crippen molar-refractivity contribution in [2.45, 2.75) is 86.3 Å². The van der Waals surface area contributed by atoms with E-state index < -0.39 is 29.7 Å². The van der Waals surface area contributed by atoms with E-state index in [0.717, 1.165) is 22.0 Å². The highest BCUT2D eigenvalue weighted by Gasteiger charge is 2.26. The molecule has 9 nitrogen and oxygen atoms in total. The lowest BCUT2D eigenvalue weighted by atomic mass is 10.0. The van der Waals surface area contributed by atoms with Gasteiger partial charge in [-0.05, 0) is 55.7 Å². The van der Waals surface area contributed by atoms with Crippen LogP contribution < -0.4 is 10.1 Å². The van der Waals surface area contributed by atoms with Gasteiger partial charge in [0.25, 0.3) is 0 Å². The number of rotatable bonds is 11. The second-order valence-electron chi connectivity index (χ2n) is 10.8. The molecule has 1 unspecified atom stereocenters. The standard InChI is InChI=1S/C33H36N2O7.2C2H6/c1-33(2,3)42-30(36)20-35-19-25(27-18-26(39-4)15-16-29(27)35)17-28(31(37)40-21-23-11-7-5-8-12-23)34-32(38)41-22-24-13-9-6-10-14-24;2*1-2/h5-16,18-19,28H,17,20-22H2,1-4H3,(H,34,38);2*1-2H3. The molecule has 0 radical (unpaired) electrons.